The topological polar surface area (TPSA) is 227 Å². The van der Waals surface area contributed by atoms with E-state index in [-0.39, 0.29) is 58.9 Å². The number of carbonyl (C=O) groups excluding carboxylic acids is 4. The van der Waals surface area contributed by atoms with Crippen molar-refractivity contribution in [3.05, 3.63) is 0 Å². The van der Waals surface area contributed by atoms with E-state index < -0.39 is 0 Å². The predicted molar refractivity (Wildman–Crippen MR) is 191 cm³/mol. The van der Waals surface area contributed by atoms with Gasteiger partial charge < -0.3 is 44.2 Å². The Morgan fingerprint density at radius 1 is 0.500 bits per heavy atom. The van der Waals surface area contributed by atoms with Crippen molar-refractivity contribution in [1.82, 2.24) is 31.1 Å². The molecular weight excluding hydrogens is 612 g/mol. The van der Waals surface area contributed by atoms with Gasteiger partial charge in [-0.15, -0.1) is 0 Å². The molecule has 0 aromatic rings. The smallest absolute Gasteiger partial charge is 0.221 e. The maximum absolute atomic E-state index is 12.8. The zero-order chi connectivity index (χ0) is 35.7. The third kappa shape index (κ3) is 16.8. The molecular formula is C34H68N10O4. The highest BCUT2D eigenvalue weighted by Gasteiger charge is 2.33. The molecule has 4 atom stereocenters. The van der Waals surface area contributed by atoms with Crippen LogP contribution in [0.3, 0.4) is 0 Å². The Balaban J connectivity index is 2.12. The summed E-state index contributed by atoms with van der Waals surface area (Å²) in [5.41, 5.74) is 24.2. The van der Waals surface area contributed by atoms with Gasteiger partial charge in [-0.25, -0.2) is 0 Å². The van der Waals surface area contributed by atoms with Gasteiger partial charge >= 0.3 is 0 Å². The zero-order valence-electron chi connectivity index (χ0n) is 30.3. The largest absolute Gasteiger partial charge is 0.356 e. The molecule has 4 unspecified atom stereocenters. The Morgan fingerprint density at radius 3 is 1.12 bits per heavy atom. The van der Waals surface area contributed by atoms with Gasteiger partial charge in [0.2, 0.25) is 23.6 Å². The highest BCUT2D eigenvalue weighted by Crippen LogP contribution is 2.29. The number of amides is 4. The van der Waals surface area contributed by atoms with Gasteiger partial charge in [0, 0.05) is 113 Å². The number of hydrogen-bond donors (Lipinski definition) is 8. The summed E-state index contributed by atoms with van der Waals surface area (Å²) in [5, 5.41) is 11.9. The van der Waals surface area contributed by atoms with Crippen LogP contribution in [0.4, 0.5) is 0 Å². The lowest BCUT2D eigenvalue weighted by molar-refractivity contribution is -0.124. The predicted octanol–water partition coefficient (Wildman–Crippen LogP) is -0.370. The number of nitrogens with two attached hydrogens (primary N) is 4. The molecule has 278 valence electrons. The van der Waals surface area contributed by atoms with E-state index in [2.05, 4.69) is 58.8 Å². The fourth-order valence-corrected chi connectivity index (χ4v) is 6.29. The minimum absolute atomic E-state index is 0.0340. The summed E-state index contributed by atoms with van der Waals surface area (Å²) in [6.45, 7) is 12.5. The molecule has 2 saturated heterocycles. The highest BCUT2D eigenvalue weighted by molar-refractivity contribution is 5.77. The van der Waals surface area contributed by atoms with Crippen molar-refractivity contribution in [2.24, 2.45) is 22.9 Å². The Labute approximate surface area is 288 Å². The van der Waals surface area contributed by atoms with Gasteiger partial charge in [0.25, 0.3) is 0 Å². The average molecular weight is 681 g/mol. The van der Waals surface area contributed by atoms with Gasteiger partial charge in [-0.3, -0.25) is 29.0 Å². The molecule has 2 aliphatic rings. The fraction of sp³-hybridized carbons (Fsp3) is 0.882. The second-order valence-corrected chi connectivity index (χ2v) is 15.2. The third-order valence-corrected chi connectivity index (χ3v) is 10.1. The van der Waals surface area contributed by atoms with E-state index in [1.54, 1.807) is 0 Å². The number of rotatable bonds is 5. The Morgan fingerprint density at radius 2 is 0.792 bits per heavy atom. The van der Waals surface area contributed by atoms with Crippen LogP contribution in [0.2, 0.25) is 0 Å². The zero-order valence-corrected chi connectivity index (χ0v) is 30.3. The van der Waals surface area contributed by atoms with Gasteiger partial charge in [0.1, 0.15) is 0 Å². The van der Waals surface area contributed by atoms with Crippen molar-refractivity contribution >= 4 is 23.6 Å². The van der Waals surface area contributed by atoms with Crippen LogP contribution in [-0.2, 0) is 19.2 Å². The van der Waals surface area contributed by atoms with Crippen molar-refractivity contribution in [3.63, 3.8) is 0 Å². The van der Waals surface area contributed by atoms with Crippen molar-refractivity contribution in [2.75, 3.05) is 52.4 Å². The molecule has 2 fully saturated rings. The summed E-state index contributed by atoms with van der Waals surface area (Å²) >= 11 is 0. The summed E-state index contributed by atoms with van der Waals surface area (Å²) < 4.78 is 0. The minimum Gasteiger partial charge on any atom is -0.356 e. The van der Waals surface area contributed by atoms with Gasteiger partial charge in [-0.2, -0.15) is 0 Å². The van der Waals surface area contributed by atoms with Crippen LogP contribution < -0.4 is 44.2 Å². The van der Waals surface area contributed by atoms with Crippen LogP contribution in [0.15, 0.2) is 0 Å². The SMILES string of the molecule is CC(C)(CCC(C)(C)N1CCC(=O)NCCC(N)CCC(N)CNC(=O)CC1)N1CCC(=O)NCCC(N)CCC(N)CNC(=O)CC1. The normalized spacial score (nSPS) is 27.8. The monoisotopic (exact) mass is 681 g/mol. The van der Waals surface area contributed by atoms with Crippen LogP contribution in [0.1, 0.15) is 105 Å². The number of hydrogen-bond acceptors (Lipinski definition) is 10. The molecule has 0 bridgehead atoms. The molecule has 4 amide bonds. The Kier molecular flexibility index (Phi) is 18.3. The second-order valence-electron chi connectivity index (χ2n) is 15.2. The molecule has 12 N–H and O–H groups in total. The first-order valence-corrected chi connectivity index (χ1v) is 18.2. The first-order valence-electron chi connectivity index (χ1n) is 18.2. The van der Waals surface area contributed by atoms with E-state index in [4.69, 9.17) is 22.9 Å². The van der Waals surface area contributed by atoms with Crippen LogP contribution in [0.5, 0.6) is 0 Å². The lowest BCUT2D eigenvalue weighted by Gasteiger charge is -2.44. The molecule has 0 radical (unpaired) electrons. The van der Waals surface area contributed by atoms with E-state index >= 15 is 0 Å². The van der Waals surface area contributed by atoms with Gasteiger partial charge in [0.05, 0.1) is 0 Å². The molecule has 14 nitrogen and oxygen atoms in total. The third-order valence-electron chi connectivity index (χ3n) is 10.1. The quantitative estimate of drug-likeness (QED) is 0.188. The summed E-state index contributed by atoms with van der Waals surface area (Å²) in [6, 6.07) is -0.448. The Hall–Kier alpha value is -2.36. The second kappa shape index (κ2) is 21.0. The van der Waals surface area contributed by atoms with E-state index in [0.717, 1.165) is 25.7 Å². The number of carbonyl (C=O) groups is 4. The van der Waals surface area contributed by atoms with E-state index in [1.165, 1.54) is 0 Å². The van der Waals surface area contributed by atoms with Crippen molar-refractivity contribution in [2.45, 2.75) is 140 Å². The van der Waals surface area contributed by atoms with Gasteiger partial charge in [-0.05, 0) is 79.1 Å². The van der Waals surface area contributed by atoms with Crippen LogP contribution in [0.25, 0.3) is 0 Å². The summed E-state index contributed by atoms with van der Waals surface area (Å²) in [4.78, 5) is 55.5. The van der Waals surface area contributed by atoms with Crippen LogP contribution in [0, 0.1) is 0 Å². The lowest BCUT2D eigenvalue weighted by Crippen LogP contribution is -2.51. The molecule has 2 heterocycles. The molecule has 2 rings (SSSR count). The maximum atomic E-state index is 12.8. The summed E-state index contributed by atoms with van der Waals surface area (Å²) in [7, 11) is 0. The van der Waals surface area contributed by atoms with Crippen LogP contribution >= 0.6 is 0 Å². The molecule has 0 aromatic carbocycles. The minimum atomic E-state index is -0.342. The molecule has 0 saturated carbocycles. The van der Waals surface area contributed by atoms with Crippen molar-refractivity contribution in [3.8, 4) is 0 Å². The fourth-order valence-electron chi connectivity index (χ4n) is 6.29. The van der Waals surface area contributed by atoms with Crippen LogP contribution in [-0.4, -0.2) is 121 Å². The molecule has 14 heteroatoms. The summed E-state index contributed by atoms with van der Waals surface area (Å²) in [5.74, 6) is -0.199. The highest BCUT2D eigenvalue weighted by atomic mass is 16.2. The van der Waals surface area contributed by atoms with E-state index in [9.17, 15) is 19.2 Å². The number of nitrogens with one attached hydrogen (secondary N) is 4. The molecule has 0 aromatic heterocycles. The van der Waals surface area contributed by atoms with E-state index in [0.29, 0.717) is 104 Å². The number of nitrogens with zero attached hydrogens (tertiary/aromatic N) is 2. The Bertz CT molecular complexity index is 932. The molecule has 0 aliphatic carbocycles. The molecule has 2 aliphatic heterocycles. The lowest BCUT2D eigenvalue weighted by atomic mass is 9.86. The summed E-state index contributed by atoms with van der Waals surface area (Å²) in [6.07, 6.45) is 7.03. The van der Waals surface area contributed by atoms with E-state index in [1.807, 2.05) is 0 Å². The first kappa shape index (κ1) is 41.8. The van der Waals surface area contributed by atoms with Gasteiger partial charge in [-0.1, -0.05) is 0 Å². The molecule has 48 heavy (non-hydrogen) atoms. The maximum Gasteiger partial charge on any atom is 0.221 e. The van der Waals surface area contributed by atoms with Crippen molar-refractivity contribution < 1.29 is 19.2 Å². The van der Waals surface area contributed by atoms with Crippen molar-refractivity contribution in [1.29, 1.82) is 0 Å². The standard InChI is InChI=1S/C34H68N10O4/c1-33(2,43-19-11-29(45)39-17-9-25(35)5-7-27(37)23-41-31(47)13-21-43)15-16-34(3,4)44-20-12-30(46)40-18-10-26(36)6-8-28(38)24-42-32(48)14-22-44/h25-28H,5-24,35-38H2,1-4H3,(H,39,45)(H,40,46)(H,41,47)(H,42,48). The molecule has 0 spiro atoms. The average Bonchev–Trinajstić information content (AvgIpc) is 3.02. The van der Waals surface area contributed by atoms with Gasteiger partial charge in [0.15, 0.2) is 0 Å². The first-order chi connectivity index (χ1) is 22.6.